The summed E-state index contributed by atoms with van der Waals surface area (Å²) in [5, 5.41) is 12.0. The van der Waals surface area contributed by atoms with Gasteiger partial charge in [0.2, 0.25) is 0 Å². The second-order valence-electron chi connectivity index (χ2n) is 10.7. The molecule has 0 bridgehead atoms. The van der Waals surface area contributed by atoms with Crippen LogP contribution in [0.15, 0.2) is 66.2 Å². The van der Waals surface area contributed by atoms with Crippen LogP contribution in [0.25, 0.3) is 16.0 Å². The van der Waals surface area contributed by atoms with E-state index in [1.165, 1.54) is 16.2 Å². The van der Waals surface area contributed by atoms with Crippen molar-refractivity contribution in [3.63, 3.8) is 0 Å². The van der Waals surface area contributed by atoms with E-state index in [1.807, 2.05) is 62.4 Å². The summed E-state index contributed by atoms with van der Waals surface area (Å²) < 4.78 is 12.7. The van der Waals surface area contributed by atoms with Gasteiger partial charge in [-0.1, -0.05) is 49.3 Å². The number of unbranched alkanes of at least 4 members (excludes halogenated alkanes) is 2. The number of Topliss-reactive ketones (excluding diaryl/α,β-unsaturated/α-hetero) is 1. The summed E-state index contributed by atoms with van der Waals surface area (Å²) in [7, 11) is 0. The number of thiazole rings is 1. The summed E-state index contributed by atoms with van der Waals surface area (Å²) in [6.07, 6.45) is 3.84. The van der Waals surface area contributed by atoms with E-state index in [4.69, 9.17) is 14.5 Å². The fourth-order valence-electron chi connectivity index (χ4n) is 5.51. The van der Waals surface area contributed by atoms with Crippen LogP contribution in [0.4, 0.5) is 5.13 Å². The molecule has 1 fully saturated rings. The van der Waals surface area contributed by atoms with Gasteiger partial charge in [-0.3, -0.25) is 14.5 Å². The van der Waals surface area contributed by atoms with Gasteiger partial charge in [0.1, 0.15) is 23.4 Å². The maximum Gasteiger partial charge on any atom is 0.301 e. The maximum atomic E-state index is 13.7. The number of carbonyl (C=O) groups excluding carboxylic acids is 2. The number of ketones is 1. The van der Waals surface area contributed by atoms with Crippen LogP contribution in [-0.2, 0) is 16.0 Å². The molecule has 2 unspecified atom stereocenters. The number of aliphatic hydroxyl groups is 1. The van der Waals surface area contributed by atoms with E-state index in [1.54, 1.807) is 12.1 Å². The Kier molecular flexibility index (Phi) is 7.26. The second-order valence-corrected chi connectivity index (χ2v) is 11.7. The Balaban J connectivity index is 1.47. The summed E-state index contributed by atoms with van der Waals surface area (Å²) >= 11 is 1.35. The highest BCUT2D eigenvalue weighted by molar-refractivity contribution is 7.22. The summed E-state index contributed by atoms with van der Waals surface area (Å²) in [5.74, 6) is -0.275. The van der Waals surface area contributed by atoms with E-state index in [9.17, 15) is 14.7 Å². The van der Waals surface area contributed by atoms with Gasteiger partial charge >= 0.3 is 5.91 Å². The van der Waals surface area contributed by atoms with Crippen LogP contribution < -0.4 is 14.4 Å². The van der Waals surface area contributed by atoms with Gasteiger partial charge in [-0.25, -0.2) is 4.98 Å². The predicted octanol–water partition coefficient (Wildman–Crippen LogP) is 7.12. The summed E-state index contributed by atoms with van der Waals surface area (Å²) in [4.78, 5) is 33.5. The normalized spacial score (nSPS) is 19.5. The van der Waals surface area contributed by atoms with Crippen LogP contribution in [0.2, 0.25) is 0 Å². The van der Waals surface area contributed by atoms with Gasteiger partial charge in [-0.15, -0.1) is 0 Å². The van der Waals surface area contributed by atoms with Gasteiger partial charge < -0.3 is 14.6 Å². The third-order valence-corrected chi connectivity index (χ3v) is 8.56. The molecule has 8 heteroatoms. The summed E-state index contributed by atoms with van der Waals surface area (Å²) in [6.45, 7) is 6.70. The first-order chi connectivity index (χ1) is 19.8. The predicted molar refractivity (Wildman–Crippen MR) is 161 cm³/mol. The SMILES string of the molecule is CCCCCOc1cccc(C2C(=C(O)c3ccc4c(c3)CC(C)O4)C(=O)C(=O)N2c2nc3ccc(C)cc3s2)c1. The first-order valence-electron chi connectivity index (χ1n) is 14.0. The van der Waals surface area contributed by atoms with Gasteiger partial charge in [0.05, 0.1) is 28.4 Å². The zero-order valence-corrected chi connectivity index (χ0v) is 24.2. The number of hydrogen-bond acceptors (Lipinski definition) is 7. The van der Waals surface area contributed by atoms with Gasteiger partial charge in [-0.2, -0.15) is 0 Å². The van der Waals surface area contributed by atoms with Crippen molar-refractivity contribution in [1.82, 2.24) is 4.98 Å². The number of nitrogens with zero attached hydrogens (tertiary/aromatic N) is 2. The van der Waals surface area contributed by atoms with Gasteiger partial charge in [-0.05, 0) is 79.4 Å². The van der Waals surface area contributed by atoms with E-state index in [2.05, 4.69) is 6.92 Å². The first-order valence-corrected chi connectivity index (χ1v) is 14.9. The maximum absolute atomic E-state index is 13.7. The van der Waals surface area contributed by atoms with Crippen LogP contribution in [0, 0.1) is 6.92 Å². The van der Waals surface area contributed by atoms with Crippen LogP contribution in [0.1, 0.15) is 61.4 Å². The number of anilines is 1. The van der Waals surface area contributed by atoms with Crippen molar-refractivity contribution in [3.8, 4) is 11.5 Å². The molecule has 4 aromatic rings. The van der Waals surface area contributed by atoms with Crippen LogP contribution >= 0.6 is 11.3 Å². The molecule has 1 saturated heterocycles. The fourth-order valence-corrected chi connectivity index (χ4v) is 6.60. The van der Waals surface area contributed by atoms with Crippen LogP contribution in [0.5, 0.6) is 11.5 Å². The number of hydrogen-bond donors (Lipinski definition) is 1. The lowest BCUT2D eigenvalue weighted by molar-refractivity contribution is -0.132. The highest BCUT2D eigenvalue weighted by Crippen LogP contribution is 2.45. The zero-order valence-electron chi connectivity index (χ0n) is 23.3. The molecule has 6 rings (SSSR count). The van der Waals surface area contributed by atoms with E-state index in [0.29, 0.717) is 35.0 Å². The first kappa shape index (κ1) is 27.0. The van der Waals surface area contributed by atoms with E-state index < -0.39 is 17.7 Å². The molecule has 2 aliphatic rings. The molecule has 1 amide bonds. The smallest absolute Gasteiger partial charge is 0.301 e. The molecular formula is C33H32N2O5S. The Bertz CT molecular complexity index is 1690. The third-order valence-electron chi connectivity index (χ3n) is 7.54. The Morgan fingerprint density at radius 1 is 1.12 bits per heavy atom. The quantitative estimate of drug-likeness (QED) is 0.105. The Labute approximate surface area is 243 Å². The zero-order chi connectivity index (χ0) is 28.7. The molecule has 3 heterocycles. The third kappa shape index (κ3) is 5.08. The lowest BCUT2D eigenvalue weighted by Gasteiger charge is -2.23. The molecule has 210 valence electrons. The second kappa shape index (κ2) is 11.0. The van der Waals surface area contributed by atoms with Crippen molar-refractivity contribution in [1.29, 1.82) is 0 Å². The number of carbonyl (C=O) groups is 2. The van der Waals surface area contributed by atoms with Gasteiger partial charge in [0.25, 0.3) is 5.78 Å². The Hall–Kier alpha value is -4.17. The molecule has 0 radical (unpaired) electrons. The Morgan fingerprint density at radius 3 is 2.80 bits per heavy atom. The molecule has 1 N–H and O–H groups in total. The van der Waals surface area contributed by atoms with Crippen molar-refractivity contribution >= 4 is 44.1 Å². The lowest BCUT2D eigenvalue weighted by atomic mass is 9.94. The number of aromatic nitrogens is 1. The minimum Gasteiger partial charge on any atom is -0.507 e. The monoisotopic (exact) mass is 568 g/mol. The fraction of sp³-hybridized carbons (Fsp3) is 0.303. The standard InChI is InChI=1S/C33H32N2O5S/c1-4-5-6-14-39-24-9-7-8-21(18-24)29-28(30(36)22-11-13-26-23(17-22)16-20(3)40-26)31(37)32(38)35(29)33-34-25-12-10-19(2)15-27(25)41-33/h7-13,15,17-18,20,29,36H,4-6,14,16H2,1-3H3. The Morgan fingerprint density at radius 2 is 1.98 bits per heavy atom. The summed E-state index contributed by atoms with van der Waals surface area (Å²) in [6, 6.07) is 17.8. The minimum absolute atomic E-state index is 0.0282. The number of aryl methyl sites for hydroxylation is 1. The van der Waals surface area contributed by atoms with Crippen molar-refractivity contribution < 1.29 is 24.2 Å². The molecule has 2 aliphatic heterocycles. The summed E-state index contributed by atoms with van der Waals surface area (Å²) in [5.41, 5.74) is 3.94. The molecule has 0 aliphatic carbocycles. The van der Waals surface area contributed by atoms with Crippen molar-refractivity contribution in [2.45, 2.75) is 58.6 Å². The average Bonchev–Trinajstić information content (AvgIpc) is 3.62. The molecule has 2 atom stereocenters. The molecule has 41 heavy (non-hydrogen) atoms. The van der Waals surface area contributed by atoms with E-state index in [0.717, 1.165) is 46.4 Å². The van der Waals surface area contributed by atoms with Gasteiger partial charge in [0, 0.05) is 12.0 Å². The number of fused-ring (bicyclic) bond motifs is 2. The highest BCUT2D eigenvalue weighted by Gasteiger charge is 2.48. The molecular weight excluding hydrogens is 536 g/mol. The molecule has 7 nitrogen and oxygen atoms in total. The van der Waals surface area contributed by atoms with Crippen molar-refractivity contribution in [2.24, 2.45) is 0 Å². The van der Waals surface area contributed by atoms with Gasteiger partial charge in [0.15, 0.2) is 5.13 Å². The van der Waals surface area contributed by atoms with E-state index >= 15 is 0 Å². The number of benzene rings is 3. The average molecular weight is 569 g/mol. The van der Waals surface area contributed by atoms with Crippen LogP contribution in [0.3, 0.4) is 0 Å². The highest BCUT2D eigenvalue weighted by atomic mass is 32.1. The molecule has 1 aromatic heterocycles. The lowest BCUT2D eigenvalue weighted by Crippen LogP contribution is -2.29. The number of amides is 1. The van der Waals surface area contributed by atoms with Crippen molar-refractivity contribution in [2.75, 3.05) is 11.5 Å². The number of ether oxygens (including phenoxy) is 2. The number of rotatable bonds is 8. The molecule has 0 spiro atoms. The largest absolute Gasteiger partial charge is 0.507 e. The molecule has 0 saturated carbocycles. The molecule has 3 aromatic carbocycles. The minimum atomic E-state index is -0.876. The van der Waals surface area contributed by atoms with Crippen molar-refractivity contribution in [3.05, 3.63) is 88.5 Å². The van der Waals surface area contributed by atoms with Crippen LogP contribution in [-0.4, -0.2) is 34.5 Å². The number of aliphatic hydroxyl groups excluding tert-OH is 1. The van der Waals surface area contributed by atoms with E-state index in [-0.39, 0.29) is 17.4 Å². The topological polar surface area (TPSA) is 89.0 Å².